The van der Waals surface area contributed by atoms with E-state index in [2.05, 4.69) is 36.2 Å². The molecule has 0 bridgehead atoms. The summed E-state index contributed by atoms with van der Waals surface area (Å²) < 4.78 is 2.00. The van der Waals surface area contributed by atoms with Gasteiger partial charge in [-0.25, -0.2) is 9.67 Å². The van der Waals surface area contributed by atoms with Crippen molar-refractivity contribution in [3.8, 4) is 0 Å². The van der Waals surface area contributed by atoms with E-state index in [0.29, 0.717) is 0 Å². The van der Waals surface area contributed by atoms with Crippen molar-refractivity contribution >= 4 is 0 Å². The van der Waals surface area contributed by atoms with Crippen LogP contribution in [0.4, 0.5) is 0 Å². The zero-order valence-corrected chi connectivity index (χ0v) is 8.41. The minimum Gasteiger partial charge on any atom is -0.295 e. The lowest BCUT2D eigenvalue weighted by Gasteiger charge is -2.35. The molecule has 0 aliphatic carbocycles. The van der Waals surface area contributed by atoms with Gasteiger partial charge in [0.1, 0.15) is 18.3 Å². The quantitative estimate of drug-likeness (QED) is 0.647. The standard InChI is InChI=1S/C9H16N4/c1-9(2,3)8-10-5-4-7-11-6-12-13(7)8/h6,8,10H,4-5H2,1-3H3. The highest BCUT2D eigenvalue weighted by Gasteiger charge is 2.30. The van der Waals surface area contributed by atoms with Crippen LogP contribution in [0, 0.1) is 5.41 Å². The molecule has 1 N–H and O–H groups in total. The Hall–Kier alpha value is -0.900. The van der Waals surface area contributed by atoms with Crippen LogP contribution in [0.15, 0.2) is 6.33 Å². The Morgan fingerprint density at radius 1 is 1.54 bits per heavy atom. The van der Waals surface area contributed by atoms with Crippen LogP contribution in [0.5, 0.6) is 0 Å². The molecular weight excluding hydrogens is 164 g/mol. The van der Waals surface area contributed by atoms with Crippen LogP contribution in [0.1, 0.15) is 32.8 Å². The third-order valence-corrected chi connectivity index (χ3v) is 2.40. The van der Waals surface area contributed by atoms with E-state index in [9.17, 15) is 0 Å². The summed E-state index contributed by atoms with van der Waals surface area (Å²) in [6, 6.07) is 0. The highest BCUT2D eigenvalue weighted by atomic mass is 15.4. The van der Waals surface area contributed by atoms with Gasteiger partial charge in [0.15, 0.2) is 0 Å². The first-order chi connectivity index (χ1) is 6.09. The molecule has 1 unspecified atom stereocenters. The molecule has 1 atom stereocenters. The summed E-state index contributed by atoms with van der Waals surface area (Å²) in [7, 11) is 0. The Bertz CT molecular complexity index is 297. The number of rotatable bonds is 0. The molecule has 4 nitrogen and oxygen atoms in total. The predicted molar refractivity (Wildman–Crippen MR) is 50.2 cm³/mol. The number of fused-ring (bicyclic) bond motifs is 1. The molecule has 1 aliphatic rings. The third kappa shape index (κ3) is 1.46. The number of hydrogen-bond acceptors (Lipinski definition) is 3. The fraction of sp³-hybridized carbons (Fsp3) is 0.778. The second kappa shape index (κ2) is 2.80. The van der Waals surface area contributed by atoms with E-state index in [0.717, 1.165) is 18.8 Å². The molecule has 0 fully saturated rings. The minimum atomic E-state index is 0.183. The van der Waals surface area contributed by atoms with Crippen molar-refractivity contribution in [2.24, 2.45) is 5.41 Å². The van der Waals surface area contributed by atoms with Crippen LogP contribution in [0.3, 0.4) is 0 Å². The van der Waals surface area contributed by atoms with Crippen molar-refractivity contribution in [2.45, 2.75) is 33.4 Å². The summed E-state index contributed by atoms with van der Waals surface area (Å²) in [4.78, 5) is 4.23. The maximum atomic E-state index is 4.25. The lowest BCUT2D eigenvalue weighted by molar-refractivity contribution is 0.162. The van der Waals surface area contributed by atoms with Gasteiger partial charge < -0.3 is 0 Å². The number of nitrogens with zero attached hydrogens (tertiary/aromatic N) is 3. The smallest absolute Gasteiger partial charge is 0.138 e. The van der Waals surface area contributed by atoms with Gasteiger partial charge in [-0.1, -0.05) is 20.8 Å². The maximum absolute atomic E-state index is 4.25. The second-order valence-electron chi connectivity index (χ2n) is 4.59. The summed E-state index contributed by atoms with van der Waals surface area (Å²) in [6.07, 6.45) is 2.90. The van der Waals surface area contributed by atoms with Gasteiger partial charge in [-0.05, 0) is 5.41 Å². The summed E-state index contributed by atoms with van der Waals surface area (Å²) in [5.74, 6) is 1.10. The molecule has 0 amide bonds. The zero-order valence-electron chi connectivity index (χ0n) is 8.41. The minimum absolute atomic E-state index is 0.183. The Labute approximate surface area is 78.4 Å². The van der Waals surface area contributed by atoms with E-state index in [1.54, 1.807) is 6.33 Å². The highest BCUT2D eigenvalue weighted by Crippen LogP contribution is 2.29. The Kier molecular flexibility index (Phi) is 1.87. The van der Waals surface area contributed by atoms with Crippen molar-refractivity contribution in [1.29, 1.82) is 0 Å². The monoisotopic (exact) mass is 180 g/mol. The van der Waals surface area contributed by atoms with Crippen LogP contribution in [0.2, 0.25) is 0 Å². The average molecular weight is 180 g/mol. The van der Waals surface area contributed by atoms with Crippen LogP contribution in [-0.4, -0.2) is 21.3 Å². The Morgan fingerprint density at radius 3 is 3.00 bits per heavy atom. The predicted octanol–water partition coefficient (Wildman–Crippen LogP) is 0.968. The van der Waals surface area contributed by atoms with Gasteiger partial charge in [-0.2, -0.15) is 5.10 Å². The fourth-order valence-corrected chi connectivity index (χ4v) is 1.75. The largest absolute Gasteiger partial charge is 0.295 e. The molecule has 1 aromatic rings. The molecule has 13 heavy (non-hydrogen) atoms. The number of hydrogen-bond donors (Lipinski definition) is 1. The van der Waals surface area contributed by atoms with Crippen LogP contribution >= 0.6 is 0 Å². The molecule has 2 rings (SSSR count). The fourth-order valence-electron chi connectivity index (χ4n) is 1.75. The second-order valence-corrected chi connectivity index (χ2v) is 4.59. The highest BCUT2D eigenvalue weighted by molar-refractivity contribution is 4.95. The van der Waals surface area contributed by atoms with E-state index in [1.165, 1.54) is 0 Å². The van der Waals surface area contributed by atoms with E-state index in [-0.39, 0.29) is 11.6 Å². The number of nitrogens with one attached hydrogen (secondary N) is 1. The van der Waals surface area contributed by atoms with E-state index in [1.807, 2.05) is 4.68 Å². The van der Waals surface area contributed by atoms with Gasteiger partial charge in [0.05, 0.1) is 0 Å². The van der Waals surface area contributed by atoms with Crippen LogP contribution < -0.4 is 5.32 Å². The summed E-state index contributed by atoms with van der Waals surface area (Å²) >= 11 is 0. The third-order valence-electron chi connectivity index (χ3n) is 2.40. The first kappa shape index (κ1) is 8.69. The van der Waals surface area contributed by atoms with Crippen molar-refractivity contribution in [1.82, 2.24) is 20.1 Å². The molecule has 0 saturated heterocycles. The van der Waals surface area contributed by atoms with E-state index in [4.69, 9.17) is 0 Å². The molecule has 0 aromatic carbocycles. The maximum Gasteiger partial charge on any atom is 0.138 e. The lowest BCUT2D eigenvalue weighted by Crippen LogP contribution is -2.43. The summed E-state index contributed by atoms with van der Waals surface area (Å²) in [5, 5.41) is 7.71. The van der Waals surface area contributed by atoms with Gasteiger partial charge in [-0.15, -0.1) is 0 Å². The lowest BCUT2D eigenvalue weighted by atomic mass is 9.91. The normalized spacial score (nSPS) is 22.8. The Balaban J connectivity index is 2.35. The van der Waals surface area contributed by atoms with Crippen molar-refractivity contribution < 1.29 is 0 Å². The molecule has 4 heteroatoms. The summed E-state index contributed by atoms with van der Waals surface area (Å²) in [6.45, 7) is 7.63. The SMILES string of the molecule is CC(C)(C)C1NCCc2ncnn21. The molecular formula is C9H16N4. The van der Waals surface area contributed by atoms with Crippen LogP contribution in [-0.2, 0) is 6.42 Å². The first-order valence-corrected chi connectivity index (χ1v) is 4.71. The Morgan fingerprint density at radius 2 is 2.31 bits per heavy atom. The van der Waals surface area contributed by atoms with Crippen molar-refractivity contribution in [3.63, 3.8) is 0 Å². The molecule has 0 saturated carbocycles. The molecule has 0 radical (unpaired) electrons. The molecule has 1 aliphatic heterocycles. The topological polar surface area (TPSA) is 42.7 Å². The first-order valence-electron chi connectivity index (χ1n) is 4.71. The van der Waals surface area contributed by atoms with Gasteiger partial charge in [0.25, 0.3) is 0 Å². The van der Waals surface area contributed by atoms with E-state index >= 15 is 0 Å². The molecule has 0 spiro atoms. The average Bonchev–Trinajstić information content (AvgIpc) is 2.48. The van der Waals surface area contributed by atoms with Crippen molar-refractivity contribution in [3.05, 3.63) is 12.2 Å². The van der Waals surface area contributed by atoms with E-state index < -0.39 is 0 Å². The number of aromatic nitrogens is 3. The van der Waals surface area contributed by atoms with Gasteiger partial charge in [0.2, 0.25) is 0 Å². The van der Waals surface area contributed by atoms with Crippen molar-refractivity contribution in [2.75, 3.05) is 6.54 Å². The summed E-state index contributed by atoms with van der Waals surface area (Å²) in [5.41, 5.74) is 0.183. The zero-order chi connectivity index (χ0) is 9.47. The van der Waals surface area contributed by atoms with Gasteiger partial charge >= 0.3 is 0 Å². The van der Waals surface area contributed by atoms with Gasteiger partial charge in [-0.3, -0.25) is 5.32 Å². The molecule has 1 aromatic heterocycles. The van der Waals surface area contributed by atoms with Crippen LogP contribution in [0.25, 0.3) is 0 Å². The molecule has 72 valence electrons. The van der Waals surface area contributed by atoms with Gasteiger partial charge in [0, 0.05) is 13.0 Å². The molecule has 2 heterocycles.